The molecule has 166 valence electrons. The fraction of sp³-hybridized carbons (Fsp3) is 0.125. The summed E-state index contributed by atoms with van der Waals surface area (Å²) in [5, 5.41) is 2.53. The second-order valence-electron chi connectivity index (χ2n) is 9.94. The minimum absolute atomic E-state index is 0.127. The van der Waals surface area contributed by atoms with Crippen molar-refractivity contribution in [1.82, 2.24) is 0 Å². The molecule has 2 nitrogen and oxygen atoms in total. The maximum atomic E-state index is 6.79. The van der Waals surface area contributed by atoms with Crippen LogP contribution in [0, 0.1) is 0 Å². The van der Waals surface area contributed by atoms with Crippen molar-refractivity contribution < 1.29 is 0 Å². The van der Waals surface area contributed by atoms with Crippen molar-refractivity contribution in [1.29, 1.82) is 0 Å². The van der Waals surface area contributed by atoms with Gasteiger partial charge in [0.15, 0.2) is 0 Å². The van der Waals surface area contributed by atoms with E-state index in [1.807, 2.05) is 30.3 Å². The third-order valence-corrected chi connectivity index (χ3v) is 7.49. The zero-order valence-electron chi connectivity index (χ0n) is 19.5. The molecule has 34 heavy (non-hydrogen) atoms. The van der Waals surface area contributed by atoms with Gasteiger partial charge in [0.05, 0.1) is 0 Å². The zero-order valence-corrected chi connectivity index (χ0v) is 19.5. The molecular formula is C32H28N2. The van der Waals surface area contributed by atoms with E-state index >= 15 is 0 Å². The molecule has 0 aliphatic heterocycles. The summed E-state index contributed by atoms with van der Waals surface area (Å²) in [7, 11) is 0. The highest BCUT2D eigenvalue weighted by atomic mass is 15.0. The molecule has 0 radical (unpaired) electrons. The fourth-order valence-electron chi connectivity index (χ4n) is 5.41. The van der Waals surface area contributed by atoms with E-state index in [1.54, 1.807) is 0 Å². The standard InChI is InChI=1S/C32H28N2/c1-31(2)29-19-24-11-7-6-10-23(24)18-28(29)27-17-16-26(20-30(27)31)32(33,34)25-14-12-22(13-15-25)21-8-4-3-5-9-21/h3-20H,33-34H2,1-2H3. The van der Waals surface area contributed by atoms with E-state index in [1.165, 1.54) is 38.6 Å². The molecule has 0 amide bonds. The van der Waals surface area contributed by atoms with E-state index in [2.05, 4.69) is 92.7 Å². The molecule has 0 fully saturated rings. The third-order valence-electron chi connectivity index (χ3n) is 7.49. The monoisotopic (exact) mass is 440 g/mol. The molecule has 0 saturated heterocycles. The first-order valence-corrected chi connectivity index (χ1v) is 11.8. The largest absolute Gasteiger partial charge is 0.306 e. The van der Waals surface area contributed by atoms with Gasteiger partial charge in [0, 0.05) is 5.41 Å². The Morgan fingerprint density at radius 1 is 0.529 bits per heavy atom. The Bertz CT molecular complexity index is 1530. The molecule has 2 heteroatoms. The van der Waals surface area contributed by atoms with Crippen molar-refractivity contribution >= 4 is 10.8 Å². The van der Waals surface area contributed by atoms with Gasteiger partial charge in [-0.2, -0.15) is 0 Å². The van der Waals surface area contributed by atoms with Crippen molar-refractivity contribution in [3.05, 3.63) is 131 Å². The van der Waals surface area contributed by atoms with Crippen LogP contribution in [0.25, 0.3) is 33.0 Å². The van der Waals surface area contributed by atoms with Crippen LogP contribution >= 0.6 is 0 Å². The van der Waals surface area contributed by atoms with Gasteiger partial charge in [0.25, 0.3) is 0 Å². The van der Waals surface area contributed by atoms with Crippen molar-refractivity contribution in [3.63, 3.8) is 0 Å². The quantitative estimate of drug-likeness (QED) is 0.299. The number of benzene rings is 5. The normalized spacial score (nSPS) is 14.1. The first kappa shape index (κ1) is 20.9. The molecule has 0 heterocycles. The molecule has 0 aromatic heterocycles. The van der Waals surface area contributed by atoms with Crippen LogP contribution in [0.2, 0.25) is 0 Å². The van der Waals surface area contributed by atoms with Gasteiger partial charge in [-0.05, 0) is 67.4 Å². The van der Waals surface area contributed by atoms with E-state index in [4.69, 9.17) is 11.5 Å². The van der Waals surface area contributed by atoms with E-state index in [0.29, 0.717) is 0 Å². The number of hydrogen-bond donors (Lipinski definition) is 2. The first-order valence-electron chi connectivity index (χ1n) is 11.8. The van der Waals surface area contributed by atoms with Crippen LogP contribution in [0.15, 0.2) is 109 Å². The molecule has 0 spiro atoms. The molecule has 1 aliphatic carbocycles. The van der Waals surface area contributed by atoms with Crippen molar-refractivity contribution in [2.45, 2.75) is 24.9 Å². The molecule has 6 rings (SSSR count). The Balaban J connectivity index is 1.41. The lowest BCUT2D eigenvalue weighted by Gasteiger charge is -2.28. The van der Waals surface area contributed by atoms with Crippen molar-refractivity contribution in [2.75, 3.05) is 0 Å². The summed E-state index contributed by atoms with van der Waals surface area (Å²) in [6.45, 7) is 4.58. The zero-order chi connectivity index (χ0) is 23.5. The fourth-order valence-corrected chi connectivity index (χ4v) is 5.41. The second-order valence-corrected chi connectivity index (χ2v) is 9.94. The topological polar surface area (TPSA) is 52.0 Å². The van der Waals surface area contributed by atoms with Gasteiger partial charge in [0.2, 0.25) is 0 Å². The van der Waals surface area contributed by atoms with Gasteiger partial charge in [-0.15, -0.1) is 0 Å². The lowest BCUT2D eigenvalue weighted by atomic mass is 9.80. The molecular weight excluding hydrogens is 412 g/mol. The van der Waals surface area contributed by atoms with E-state index in [0.717, 1.165) is 16.7 Å². The molecule has 5 aromatic rings. The smallest absolute Gasteiger partial charge is 0.116 e. The van der Waals surface area contributed by atoms with E-state index in [-0.39, 0.29) is 5.41 Å². The molecule has 4 N–H and O–H groups in total. The highest BCUT2D eigenvalue weighted by molar-refractivity contribution is 5.93. The summed E-state index contributed by atoms with van der Waals surface area (Å²) >= 11 is 0. The third kappa shape index (κ3) is 3.11. The number of hydrogen-bond acceptors (Lipinski definition) is 2. The van der Waals surface area contributed by atoms with Gasteiger partial charge < -0.3 is 11.5 Å². The minimum Gasteiger partial charge on any atom is -0.306 e. The average Bonchev–Trinajstić information content (AvgIpc) is 3.09. The van der Waals surface area contributed by atoms with Crippen LogP contribution < -0.4 is 11.5 Å². The Labute approximate surface area is 200 Å². The Kier molecular flexibility index (Phi) is 4.54. The minimum atomic E-state index is -1.08. The summed E-state index contributed by atoms with van der Waals surface area (Å²) < 4.78 is 0. The summed E-state index contributed by atoms with van der Waals surface area (Å²) in [6.07, 6.45) is 0. The van der Waals surface area contributed by atoms with Crippen LogP contribution in [0.3, 0.4) is 0 Å². The summed E-state index contributed by atoms with van der Waals surface area (Å²) in [4.78, 5) is 0. The maximum absolute atomic E-state index is 6.79. The average molecular weight is 441 g/mol. The summed E-state index contributed by atoms with van der Waals surface area (Å²) in [6, 6.07) is 38.3. The predicted molar refractivity (Wildman–Crippen MR) is 143 cm³/mol. The predicted octanol–water partition coefficient (Wildman–Crippen LogP) is 6.93. The molecule has 0 saturated carbocycles. The van der Waals surface area contributed by atoms with E-state index < -0.39 is 5.66 Å². The molecule has 5 aromatic carbocycles. The number of nitrogens with two attached hydrogens (primary N) is 2. The first-order chi connectivity index (χ1) is 16.4. The maximum Gasteiger partial charge on any atom is 0.116 e. The lowest BCUT2D eigenvalue weighted by molar-refractivity contribution is 0.564. The molecule has 0 atom stereocenters. The SMILES string of the molecule is CC1(C)c2cc(C(N)(N)c3ccc(-c4ccccc4)cc3)ccc2-c2cc3ccccc3cc21. The van der Waals surface area contributed by atoms with Crippen LogP contribution in [0.1, 0.15) is 36.1 Å². The van der Waals surface area contributed by atoms with Crippen molar-refractivity contribution in [2.24, 2.45) is 11.5 Å². The van der Waals surface area contributed by atoms with Crippen LogP contribution in [0.5, 0.6) is 0 Å². The number of rotatable bonds is 3. The lowest BCUT2D eigenvalue weighted by Crippen LogP contribution is -2.47. The Morgan fingerprint density at radius 2 is 1.09 bits per heavy atom. The van der Waals surface area contributed by atoms with Gasteiger partial charge in [-0.1, -0.05) is 111 Å². The van der Waals surface area contributed by atoms with Crippen molar-refractivity contribution in [3.8, 4) is 22.3 Å². The summed E-state index contributed by atoms with van der Waals surface area (Å²) in [5.74, 6) is 0. The van der Waals surface area contributed by atoms with Crippen LogP contribution in [-0.4, -0.2) is 0 Å². The Morgan fingerprint density at radius 3 is 1.79 bits per heavy atom. The highest BCUT2D eigenvalue weighted by Gasteiger charge is 2.37. The van der Waals surface area contributed by atoms with Gasteiger partial charge in [-0.3, -0.25) is 0 Å². The van der Waals surface area contributed by atoms with Gasteiger partial charge in [-0.25, -0.2) is 0 Å². The summed E-state index contributed by atoms with van der Waals surface area (Å²) in [5.41, 5.74) is 21.7. The highest BCUT2D eigenvalue weighted by Crippen LogP contribution is 2.50. The van der Waals surface area contributed by atoms with Gasteiger partial charge in [0.1, 0.15) is 5.66 Å². The molecule has 0 unspecified atom stereocenters. The van der Waals surface area contributed by atoms with E-state index in [9.17, 15) is 0 Å². The molecule has 1 aliphatic rings. The van der Waals surface area contributed by atoms with Crippen LogP contribution in [-0.2, 0) is 11.1 Å². The second kappa shape index (κ2) is 7.39. The Hall–Kier alpha value is -3.72. The van der Waals surface area contributed by atoms with Gasteiger partial charge >= 0.3 is 0 Å². The molecule has 0 bridgehead atoms. The van der Waals surface area contributed by atoms with Crippen LogP contribution in [0.4, 0.5) is 0 Å². The number of fused-ring (bicyclic) bond motifs is 4.